The van der Waals surface area contributed by atoms with E-state index in [4.69, 9.17) is 10.0 Å². The van der Waals surface area contributed by atoms with E-state index in [1.807, 2.05) is 0 Å². The van der Waals surface area contributed by atoms with E-state index in [-0.39, 0.29) is 0 Å². The molecule has 0 saturated heterocycles. The first-order valence-electron chi connectivity index (χ1n) is 9.46. The topological polar surface area (TPSA) is 40.5 Å². The van der Waals surface area contributed by atoms with E-state index in [1.54, 1.807) is 0 Å². The maximum Gasteiger partial charge on any atom is 0.451 e. The van der Waals surface area contributed by atoms with Crippen LogP contribution in [-0.2, 0) is 0 Å². The molecule has 2 N–H and O–H groups in total. The van der Waals surface area contributed by atoms with Gasteiger partial charge in [0.25, 0.3) is 0 Å². The second-order valence-corrected chi connectivity index (χ2v) is 6.89. The third-order valence-electron chi connectivity index (χ3n) is 4.85. The average molecular weight is 298 g/mol. The molecule has 0 rings (SSSR count). The maximum atomic E-state index is 8.92. The van der Waals surface area contributed by atoms with Gasteiger partial charge in [0.05, 0.1) is 0 Å². The molecule has 0 spiro atoms. The summed E-state index contributed by atoms with van der Waals surface area (Å²) in [7, 11) is -1.12. The largest absolute Gasteiger partial charge is 0.451 e. The normalized spacial score (nSPS) is 11.9. The fourth-order valence-electron chi connectivity index (χ4n) is 3.41. The standard InChI is InChI=1S/C18H39BO2/c1-4-7-13-18(14-8-5-2,15-9-6-3)16-11-10-12-17-19(20)21/h20-21H,4-17H2,1-3H3. The highest BCUT2D eigenvalue weighted by atomic mass is 16.4. The van der Waals surface area contributed by atoms with Gasteiger partial charge in [-0.2, -0.15) is 0 Å². The summed E-state index contributed by atoms with van der Waals surface area (Å²) in [5, 5.41) is 17.8. The zero-order chi connectivity index (χ0) is 16.0. The molecule has 0 saturated carbocycles. The quantitative estimate of drug-likeness (QED) is 0.306. The zero-order valence-electron chi connectivity index (χ0n) is 14.9. The van der Waals surface area contributed by atoms with E-state index in [1.165, 1.54) is 70.6 Å². The van der Waals surface area contributed by atoms with Crippen LogP contribution in [0.2, 0.25) is 6.32 Å². The molecule has 21 heavy (non-hydrogen) atoms. The molecule has 0 aromatic heterocycles. The minimum atomic E-state index is -1.12. The Labute approximate surface area is 133 Å². The van der Waals surface area contributed by atoms with Gasteiger partial charge in [0.1, 0.15) is 0 Å². The molecule has 0 aromatic rings. The SMILES string of the molecule is CCCCC(CCCC)(CCCC)CCCCCB(O)O. The third kappa shape index (κ3) is 11.2. The zero-order valence-corrected chi connectivity index (χ0v) is 14.9. The summed E-state index contributed by atoms with van der Waals surface area (Å²) in [6.07, 6.45) is 17.4. The first-order valence-corrected chi connectivity index (χ1v) is 9.46. The summed E-state index contributed by atoms with van der Waals surface area (Å²) in [5.41, 5.74) is 0.569. The van der Waals surface area contributed by atoms with Gasteiger partial charge < -0.3 is 10.0 Å². The highest BCUT2D eigenvalue weighted by molar-refractivity contribution is 6.40. The fourth-order valence-corrected chi connectivity index (χ4v) is 3.41. The first kappa shape index (κ1) is 21.0. The van der Waals surface area contributed by atoms with E-state index in [0.29, 0.717) is 11.7 Å². The molecule has 126 valence electrons. The van der Waals surface area contributed by atoms with Gasteiger partial charge in [-0.05, 0) is 37.4 Å². The maximum absolute atomic E-state index is 8.92. The predicted molar refractivity (Wildman–Crippen MR) is 94.5 cm³/mol. The van der Waals surface area contributed by atoms with Crippen LogP contribution >= 0.6 is 0 Å². The van der Waals surface area contributed by atoms with Gasteiger partial charge >= 0.3 is 7.12 Å². The van der Waals surface area contributed by atoms with Crippen molar-refractivity contribution in [2.45, 2.75) is 111 Å². The fraction of sp³-hybridized carbons (Fsp3) is 1.00. The van der Waals surface area contributed by atoms with Crippen molar-refractivity contribution in [3.63, 3.8) is 0 Å². The molecule has 0 aromatic carbocycles. The van der Waals surface area contributed by atoms with Gasteiger partial charge in [0.2, 0.25) is 0 Å². The number of hydrogen-bond acceptors (Lipinski definition) is 2. The molecule has 0 aliphatic heterocycles. The lowest BCUT2D eigenvalue weighted by atomic mass is 9.71. The minimum Gasteiger partial charge on any atom is -0.427 e. The summed E-state index contributed by atoms with van der Waals surface area (Å²) in [4.78, 5) is 0. The molecule has 0 heterocycles. The molecule has 0 unspecified atom stereocenters. The van der Waals surface area contributed by atoms with Crippen LogP contribution in [0, 0.1) is 5.41 Å². The van der Waals surface area contributed by atoms with Gasteiger partial charge in [-0.3, -0.25) is 0 Å². The van der Waals surface area contributed by atoms with Crippen LogP contribution in [0.4, 0.5) is 0 Å². The third-order valence-corrected chi connectivity index (χ3v) is 4.85. The van der Waals surface area contributed by atoms with E-state index < -0.39 is 7.12 Å². The Bertz CT molecular complexity index is 197. The van der Waals surface area contributed by atoms with Crippen molar-refractivity contribution in [2.24, 2.45) is 5.41 Å². The van der Waals surface area contributed by atoms with Crippen LogP contribution in [0.3, 0.4) is 0 Å². The second kappa shape index (κ2) is 13.6. The Morgan fingerprint density at radius 3 is 1.43 bits per heavy atom. The Morgan fingerprint density at radius 2 is 1.05 bits per heavy atom. The highest BCUT2D eigenvalue weighted by Gasteiger charge is 2.27. The van der Waals surface area contributed by atoms with Crippen molar-refractivity contribution in [3.8, 4) is 0 Å². The summed E-state index contributed by atoms with van der Waals surface area (Å²) in [5.74, 6) is 0. The smallest absolute Gasteiger partial charge is 0.427 e. The second-order valence-electron chi connectivity index (χ2n) is 6.89. The van der Waals surface area contributed by atoms with Crippen LogP contribution in [0.15, 0.2) is 0 Å². The number of hydrogen-bond donors (Lipinski definition) is 2. The van der Waals surface area contributed by atoms with Crippen LogP contribution in [0.1, 0.15) is 104 Å². The van der Waals surface area contributed by atoms with Crippen molar-refractivity contribution in [3.05, 3.63) is 0 Å². The van der Waals surface area contributed by atoms with Crippen LogP contribution in [0.5, 0.6) is 0 Å². The highest BCUT2D eigenvalue weighted by Crippen LogP contribution is 2.41. The lowest BCUT2D eigenvalue weighted by Gasteiger charge is -2.35. The monoisotopic (exact) mass is 298 g/mol. The minimum absolute atomic E-state index is 0.534. The van der Waals surface area contributed by atoms with E-state index >= 15 is 0 Å². The molecular formula is C18H39BO2. The number of rotatable bonds is 15. The molecular weight excluding hydrogens is 259 g/mol. The molecule has 2 nitrogen and oxygen atoms in total. The van der Waals surface area contributed by atoms with Crippen LogP contribution in [-0.4, -0.2) is 17.2 Å². The Hall–Kier alpha value is -0.0151. The Kier molecular flexibility index (Phi) is 13.6. The predicted octanol–water partition coefficient (Wildman–Crippen LogP) is 5.58. The summed E-state index contributed by atoms with van der Waals surface area (Å²) >= 11 is 0. The van der Waals surface area contributed by atoms with E-state index in [0.717, 1.165) is 12.8 Å². The van der Waals surface area contributed by atoms with Gasteiger partial charge in [0.15, 0.2) is 0 Å². The molecule has 0 fully saturated rings. The molecule has 0 radical (unpaired) electrons. The summed E-state index contributed by atoms with van der Waals surface area (Å²) < 4.78 is 0. The Balaban J connectivity index is 4.34. The van der Waals surface area contributed by atoms with E-state index in [2.05, 4.69) is 20.8 Å². The molecule has 0 bridgehead atoms. The molecule has 0 amide bonds. The average Bonchev–Trinajstić information content (AvgIpc) is 2.47. The lowest BCUT2D eigenvalue weighted by Crippen LogP contribution is -2.21. The van der Waals surface area contributed by atoms with Gasteiger partial charge in [-0.1, -0.05) is 78.6 Å². The van der Waals surface area contributed by atoms with Gasteiger partial charge in [-0.25, -0.2) is 0 Å². The first-order chi connectivity index (χ1) is 10.1. The van der Waals surface area contributed by atoms with Crippen molar-refractivity contribution >= 4 is 7.12 Å². The lowest BCUT2D eigenvalue weighted by molar-refractivity contribution is 0.176. The van der Waals surface area contributed by atoms with Crippen LogP contribution < -0.4 is 0 Å². The van der Waals surface area contributed by atoms with Crippen molar-refractivity contribution in [1.29, 1.82) is 0 Å². The van der Waals surface area contributed by atoms with Gasteiger partial charge in [-0.15, -0.1) is 0 Å². The summed E-state index contributed by atoms with van der Waals surface area (Å²) in [6, 6.07) is 0. The molecule has 0 aliphatic carbocycles. The molecule has 3 heteroatoms. The van der Waals surface area contributed by atoms with E-state index in [9.17, 15) is 0 Å². The summed E-state index contributed by atoms with van der Waals surface area (Å²) in [6.45, 7) is 6.90. The molecule has 0 atom stereocenters. The molecule has 0 aliphatic rings. The Morgan fingerprint density at radius 1 is 0.619 bits per heavy atom. The van der Waals surface area contributed by atoms with Crippen molar-refractivity contribution in [1.82, 2.24) is 0 Å². The van der Waals surface area contributed by atoms with Crippen molar-refractivity contribution in [2.75, 3.05) is 0 Å². The van der Waals surface area contributed by atoms with Crippen LogP contribution in [0.25, 0.3) is 0 Å². The van der Waals surface area contributed by atoms with Gasteiger partial charge in [0, 0.05) is 0 Å². The van der Waals surface area contributed by atoms with Crippen molar-refractivity contribution < 1.29 is 10.0 Å². The number of unbranched alkanes of at least 4 members (excludes halogenated alkanes) is 5.